The Hall–Kier alpha value is -4.26. The summed E-state index contributed by atoms with van der Waals surface area (Å²) in [7, 11) is 0. The summed E-state index contributed by atoms with van der Waals surface area (Å²) in [6.45, 7) is 7.65. The molecule has 0 spiro atoms. The van der Waals surface area contributed by atoms with Crippen molar-refractivity contribution in [2.45, 2.75) is 71.8 Å². The second-order valence-corrected chi connectivity index (χ2v) is 12.1. The summed E-state index contributed by atoms with van der Waals surface area (Å²) in [6.07, 6.45) is -0.434. The van der Waals surface area contributed by atoms with E-state index < -0.39 is 41.4 Å². The van der Waals surface area contributed by atoms with Gasteiger partial charge in [0.05, 0.1) is 17.5 Å². The Kier molecular flexibility index (Phi) is 10.5. The predicted octanol–water partition coefficient (Wildman–Crippen LogP) is 4.88. The highest BCUT2D eigenvalue weighted by Gasteiger charge is 2.45. The van der Waals surface area contributed by atoms with Crippen LogP contribution in [0.5, 0.6) is 0 Å². The van der Waals surface area contributed by atoms with E-state index in [-0.39, 0.29) is 38.0 Å². The lowest BCUT2D eigenvalue weighted by Crippen LogP contribution is -2.49. The van der Waals surface area contributed by atoms with Gasteiger partial charge in [-0.3, -0.25) is 9.59 Å². The molecule has 3 atom stereocenters. The van der Waals surface area contributed by atoms with Gasteiger partial charge >= 0.3 is 12.2 Å². The van der Waals surface area contributed by atoms with Crippen LogP contribution in [0.15, 0.2) is 52.4 Å². The maximum atomic E-state index is 13.0. The molecule has 4 rings (SSSR count). The van der Waals surface area contributed by atoms with Crippen molar-refractivity contribution < 1.29 is 33.2 Å². The van der Waals surface area contributed by atoms with E-state index in [0.717, 1.165) is 16.9 Å². The highest BCUT2D eigenvalue weighted by atomic mass is 32.1. The zero-order valence-corrected chi connectivity index (χ0v) is 25.5. The highest BCUT2D eigenvalue weighted by molar-refractivity contribution is 7.13. The molecule has 0 bridgehead atoms. The minimum absolute atomic E-state index is 0.0919. The van der Waals surface area contributed by atoms with Gasteiger partial charge in [0, 0.05) is 12.0 Å². The third-order valence-electron chi connectivity index (χ3n) is 7.21. The van der Waals surface area contributed by atoms with Crippen LogP contribution in [-0.2, 0) is 25.7 Å². The monoisotopic (exact) mass is 611 g/mol. The minimum Gasteiger partial charge on any atom is -0.444 e. The van der Waals surface area contributed by atoms with Crippen molar-refractivity contribution in [3.63, 3.8) is 0 Å². The quantitative estimate of drug-likeness (QED) is 0.273. The molecule has 3 aromatic rings. The fourth-order valence-electron chi connectivity index (χ4n) is 4.71. The molecule has 1 aromatic carbocycles. The maximum absolute atomic E-state index is 13.0. The molecule has 1 saturated heterocycles. The van der Waals surface area contributed by atoms with Crippen molar-refractivity contribution in [1.82, 2.24) is 25.7 Å². The highest BCUT2D eigenvalue weighted by Crippen LogP contribution is 2.32. The zero-order chi connectivity index (χ0) is 31.0. The molecule has 12 nitrogen and oxygen atoms in total. The number of Topliss-reactive ketones (excluding diaryl/α,β-unsaturated/α-hetero) is 1. The van der Waals surface area contributed by atoms with Crippen LogP contribution in [0, 0.1) is 5.41 Å². The number of unbranched alkanes of at least 4 members (excludes halogenated alkanes) is 1. The first-order valence-corrected chi connectivity index (χ1v) is 15.1. The first kappa shape index (κ1) is 31.7. The standard InChI is InChI=1S/C30H37N5O7S/c1-5-6-13-21(25(36)26(37)31-19(2)20-11-8-7-9-12-20)32-28(38)41-23-16-35(18-30(23,3)4)29(39)40-17-24-33-27(42-34-24)22-14-10-15-43-22/h7-12,14-15,19,21,23H,5-6,13,16-18H2,1-4H3,(H,31,37)(H,32,38)/t19-,21+,23-/m1/s1. The first-order valence-electron chi connectivity index (χ1n) is 14.2. The van der Waals surface area contributed by atoms with Crippen LogP contribution in [0.2, 0.25) is 0 Å². The summed E-state index contributed by atoms with van der Waals surface area (Å²) < 4.78 is 16.3. The molecular weight excluding hydrogens is 574 g/mol. The van der Waals surface area contributed by atoms with E-state index >= 15 is 0 Å². The number of benzene rings is 1. The number of ether oxygens (including phenoxy) is 2. The summed E-state index contributed by atoms with van der Waals surface area (Å²) in [6, 6.07) is 11.6. The molecule has 2 aromatic heterocycles. The van der Waals surface area contributed by atoms with Gasteiger partial charge in [-0.25, -0.2) is 9.59 Å². The van der Waals surface area contributed by atoms with Crippen molar-refractivity contribution in [2.75, 3.05) is 13.1 Å². The number of nitrogens with one attached hydrogen (secondary N) is 2. The van der Waals surface area contributed by atoms with E-state index in [1.165, 1.54) is 16.2 Å². The minimum atomic E-state index is -1.05. The molecule has 3 heterocycles. The fourth-order valence-corrected chi connectivity index (χ4v) is 5.35. The number of ketones is 1. The van der Waals surface area contributed by atoms with E-state index in [1.807, 2.05) is 68.6 Å². The molecule has 43 heavy (non-hydrogen) atoms. The van der Waals surface area contributed by atoms with Crippen LogP contribution in [0.25, 0.3) is 10.8 Å². The van der Waals surface area contributed by atoms with Crippen LogP contribution < -0.4 is 10.6 Å². The number of carbonyl (C=O) groups excluding carboxylic acids is 4. The first-order chi connectivity index (χ1) is 20.6. The Morgan fingerprint density at radius 1 is 1.14 bits per heavy atom. The lowest BCUT2D eigenvalue weighted by atomic mass is 9.90. The van der Waals surface area contributed by atoms with Gasteiger partial charge in [0.15, 0.2) is 6.61 Å². The maximum Gasteiger partial charge on any atom is 0.410 e. The third kappa shape index (κ3) is 8.40. The second kappa shape index (κ2) is 14.3. The molecule has 1 fully saturated rings. The van der Waals surface area contributed by atoms with Crippen molar-refractivity contribution in [3.05, 3.63) is 59.2 Å². The Balaban J connectivity index is 1.30. The van der Waals surface area contributed by atoms with Crippen LogP contribution in [0.3, 0.4) is 0 Å². The molecule has 2 N–H and O–H groups in total. The number of amides is 3. The van der Waals surface area contributed by atoms with E-state index in [2.05, 4.69) is 20.8 Å². The molecule has 0 unspecified atom stereocenters. The number of carbonyl (C=O) groups is 4. The average molecular weight is 612 g/mol. The van der Waals surface area contributed by atoms with E-state index in [1.54, 1.807) is 6.92 Å². The Morgan fingerprint density at radius 3 is 2.60 bits per heavy atom. The predicted molar refractivity (Wildman–Crippen MR) is 158 cm³/mol. The number of hydrogen-bond acceptors (Lipinski definition) is 10. The summed E-state index contributed by atoms with van der Waals surface area (Å²) in [5.41, 5.74) is 0.258. The number of thiophene rings is 1. The summed E-state index contributed by atoms with van der Waals surface area (Å²) in [5.74, 6) is -0.945. The van der Waals surface area contributed by atoms with Crippen LogP contribution in [0.4, 0.5) is 9.59 Å². The van der Waals surface area contributed by atoms with E-state index in [4.69, 9.17) is 14.0 Å². The van der Waals surface area contributed by atoms with Crippen molar-refractivity contribution >= 4 is 35.2 Å². The third-order valence-corrected chi connectivity index (χ3v) is 8.07. The van der Waals surface area contributed by atoms with E-state index in [9.17, 15) is 19.2 Å². The molecule has 1 aliphatic heterocycles. The number of aromatic nitrogens is 2. The van der Waals surface area contributed by atoms with Gasteiger partial charge in [0.25, 0.3) is 11.8 Å². The van der Waals surface area contributed by atoms with Gasteiger partial charge in [0.1, 0.15) is 12.1 Å². The molecular formula is C30H37N5O7S. The lowest BCUT2D eigenvalue weighted by Gasteiger charge is -2.26. The number of hydrogen-bond donors (Lipinski definition) is 2. The van der Waals surface area contributed by atoms with Crippen molar-refractivity contribution in [2.24, 2.45) is 5.41 Å². The smallest absolute Gasteiger partial charge is 0.410 e. The number of rotatable bonds is 12. The van der Waals surface area contributed by atoms with Gasteiger partial charge in [0.2, 0.25) is 11.6 Å². The fraction of sp³-hybridized carbons (Fsp3) is 0.467. The van der Waals surface area contributed by atoms with Gasteiger partial charge in [-0.2, -0.15) is 4.98 Å². The average Bonchev–Trinajstić information content (AvgIpc) is 3.75. The summed E-state index contributed by atoms with van der Waals surface area (Å²) in [4.78, 5) is 58.1. The molecule has 0 radical (unpaired) electrons. The van der Waals surface area contributed by atoms with Gasteiger partial charge in [-0.15, -0.1) is 11.3 Å². The molecule has 0 aliphatic carbocycles. The molecule has 13 heteroatoms. The lowest BCUT2D eigenvalue weighted by molar-refractivity contribution is -0.139. The molecule has 3 amide bonds. The van der Waals surface area contributed by atoms with E-state index in [0.29, 0.717) is 12.3 Å². The number of likely N-dealkylation sites (tertiary alicyclic amines) is 1. The van der Waals surface area contributed by atoms with Gasteiger partial charge < -0.3 is 29.5 Å². The van der Waals surface area contributed by atoms with Gasteiger partial charge in [-0.05, 0) is 30.4 Å². The second-order valence-electron chi connectivity index (χ2n) is 11.1. The largest absolute Gasteiger partial charge is 0.444 e. The van der Waals surface area contributed by atoms with Gasteiger partial charge in [-0.1, -0.05) is 75.2 Å². The Bertz CT molecular complexity index is 1390. The molecule has 1 aliphatic rings. The Labute approximate surface area is 254 Å². The van der Waals surface area contributed by atoms with Crippen molar-refractivity contribution in [3.8, 4) is 10.8 Å². The SMILES string of the molecule is CCCC[C@H](NC(=O)O[C@@H]1CN(C(=O)OCc2noc(-c3cccs3)n2)CC1(C)C)C(=O)C(=O)N[C@H](C)c1ccccc1. The molecule has 230 valence electrons. The van der Waals surface area contributed by atoms with Crippen LogP contribution >= 0.6 is 11.3 Å². The Morgan fingerprint density at radius 2 is 1.91 bits per heavy atom. The van der Waals surface area contributed by atoms with Crippen LogP contribution in [-0.4, -0.2) is 64.2 Å². The number of alkyl carbamates (subject to hydrolysis) is 1. The summed E-state index contributed by atoms with van der Waals surface area (Å²) >= 11 is 1.45. The van der Waals surface area contributed by atoms with Crippen LogP contribution in [0.1, 0.15) is 64.4 Å². The topological polar surface area (TPSA) is 153 Å². The normalized spacial score (nSPS) is 17.1. The number of nitrogens with zero attached hydrogens (tertiary/aromatic N) is 3. The zero-order valence-electron chi connectivity index (χ0n) is 24.7. The summed E-state index contributed by atoms with van der Waals surface area (Å²) in [5, 5.41) is 11.0. The molecule has 0 saturated carbocycles. The van der Waals surface area contributed by atoms with Crippen molar-refractivity contribution in [1.29, 1.82) is 0 Å².